The van der Waals surface area contributed by atoms with Crippen LogP contribution in [0.1, 0.15) is 18.5 Å². The van der Waals surface area contributed by atoms with Gasteiger partial charge in [-0.1, -0.05) is 0 Å². The molecule has 0 saturated heterocycles. The third-order valence-corrected chi connectivity index (χ3v) is 6.11. The molecule has 0 spiro atoms. The Bertz CT molecular complexity index is 1150. The maximum atomic E-state index is 14.5. The molecule has 0 unspecified atom stereocenters. The Morgan fingerprint density at radius 2 is 1.85 bits per heavy atom. The Hall–Kier alpha value is -2.74. The third kappa shape index (κ3) is 3.71. The van der Waals surface area contributed by atoms with Gasteiger partial charge in [-0.15, -0.1) is 0 Å². The van der Waals surface area contributed by atoms with Gasteiger partial charge in [0.15, 0.2) is 11.6 Å². The summed E-state index contributed by atoms with van der Waals surface area (Å²) in [5, 5.41) is 0.0102. The van der Waals surface area contributed by atoms with Gasteiger partial charge < -0.3 is 4.74 Å². The average Bonchev–Trinajstić information content (AvgIpc) is 3.43. The van der Waals surface area contributed by atoms with Crippen molar-refractivity contribution in [2.45, 2.75) is 25.0 Å². The Labute approximate surface area is 155 Å². The van der Waals surface area contributed by atoms with Crippen LogP contribution in [-0.4, -0.2) is 18.7 Å². The van der Waals surface area contributed by atoms with Gasteiger partial charge in [0.05, 0.1) is 16.5 Å². The summed E-state index contributed by atoms with van der Waals surface area (Å²) in [7, 11) is -3.48. The molecule has 1 saturated carbocycles. The molecule has 0 atom stereocenters. The topological polar surface area (TPSA) is 68.3 Å². The number of aryl methyl sites for hydroxylation is 1. The molecule has 0 bridgehead atoms. The fourth-order valence-electron chi connectivity index (χ4n) is 2.77. The zero-order chi connectivity index (χ0) is 19.2. The second-order valence-electron chi connectivity index (χ2n) is 6.52. The largest absolute Gasteiger partial charge is 0.454 e. The van der Waals surface area contributed by atoms with Crippen molar-refractivity contribution in [1.82, 2.24) is 4.98 Å². The van der Waals surface area contributed by atoms with Crippen LogP contribution in [0.15, 0.2) is 42.5 Å². The van der Waals surface area contributed by atoms with Gasteiger partial charge in [-0.25, -0.2) is 17.2 Å². The van der Waals surface area contributed by atoms with E-state index in [1.807, 2.05) is 0 Å². The molecule has 0 aliphatic heterocycles. The zero-order valence-corrected chi connectivity index (χ0v) is 15.2. The van der Waals surface area contributed by atoms with Crippen molar-refractivity contribution in [1.29, 1.82) is 0 Å². The summed E-state index contributed by atoms with van der Waals surface area (Å²) >= 11 is 0. The van der Waals surface area contributed by atoms with E-state index >= 15 is 0 Å². The van der Waals surface area contributed by atoms with E-state index in [0.29, 0.717) is 29.4 Å². The van der Waals surface area contributed by atoms with Crippen LogP contribution in [0.25, 0.3) is 10.9 Å². The number of sulfonamides is 1. The van der Waals surface area contributed by atoms with E-state index in [1.54, 1.807) is 13.0 Å². The van der Waals surface area contributed by atoms with E-state index < -0.39 is 26.9 Å². The van der Waals surface area contributed by atoms with Gasteiger partial charge in [0.25, 0.3) is 0 Å². The molecule has 0 radical (unpaired) electrons. The monoisotopic (exact) mass is 390 g/mol. The molecular weight excluding hydrogens is 374 g/mol. The van der Waals surface area contributed by atoms with Crippen LogP contribution in [-0.2, 0) is 10.0 Å². The maximum Gasteiger partial charge on any atom is 0.235 e. The van der Waals surface area contributed by atoms with E-state index in [1.165, 1.54) is 30.3 Å². The van der Waals surface area contributed by atoms with E-state index in [2.05, 4.69) is 9.71 Å². The SMILES string of the molecule is Cc1cc(Oc2ccc(NS(=O)(=O)C3CC3)cc2F)c2cc(F)ccc2n1. The molecule has 1 aliphatic carbocycles. The molecule has 2 aromatic carbocycles. The smallest absolute Gasteiger partial charge is 0.235 e. The first-order valence-electron chi connectivity index (χ1n) is 8.38. The highest BCUT2D eigenvalue weighted by molar-refractivity contribution is 7.93. The first kappa shape index (κ1) is 17.7. The van der Waals surface area contributed by atoms with Crippen LogP contribution in [0.2, 0.25) is 0 Å². The number of ether oxygens (including phenoxy) is 1. The van der Waals surface area contributed by atoms with Crippen molar-refractivity contribution in [2.75, 3.05) is 4.72 Å². The summed E-state index contributed by atoms with van der Waals surface area (Å²) < 4.78 is 60.0. The normalized spacial score (nSPS) is 14.3. The molecule has 3 aromatic rings. The summed E-state index contributed by atoms with van der Waals surface area (Å²) in [5.74, 6) is -1.02. The van der Waals surface area contributed by atoms with Gasteiger partial charge in [-0.2, -0.15) is 0 Å². The Morgan fingerprint density at radius 1 is 1.07 bits per heavy atom. The second kappa shape index (κ2) is 6.45. The summed E-state index contributed by atoms with van der Waals surface area (Å²) in [4.78, 5) is 4.30. The van der Waals surface area contributed by atoms with Crippen molar-refractivity contribution >= 4 is 26.6 Å². The lowest BCUT2D eigenvalue weighted by Crippen LogP contribution is -2.17. The lowest BCUT2D eigenvalue weighted by Gasteiger charge is -2.12. The van der Waals surface area contributed by atoms with Crippen molar-refractivity contribution in [3.63, 3.8) is 0 Å². The Kier molecular flexibility index (Phi) is 4.22. The van der Waals surface area contributed by atoms with E-state index in [-0.39, 0.29) is 17.2 Å². The Balaban J connectivity index is 1.65. The number of pyridine rings is 1. The van der Waals surface area contributed by atoms with Gasteiger partial charge in [0.1, 0.15) is 11.6 Å². The van der Waals surface area contributed by atoms with Crippen LogP contribution in [0, 0.1) is 18.6 Å². The quantitative estimate of drug-likeness (QED) is 0.696. The number of hydrogen-bond acceptors (Lipinski definition) is 4. The van der Waals surface area contributed by atoms with Crippen molar-refractivity contribution in [3.8, 4) is 11.5 Å². The second-order valence-corrected chi connectivity index (χ2v) is 8.48. The number of nitrogens with one attached hydrogen (secondary N) is 1. The highest BCUT2D eigenvalue weighted by Gasteiger charge is 2.35. The molecular formula is C19H16F2N2O3S. The van der Waals surface area contributed by atoms with Crippen LogP contribution in [0.4, 0.5) is 14.5 Å². The minimum Gasteiger partial charge on any atom is -0.454 e. The number of nitrogens with zero attached hydrogens (tertiary/aromatic N) is 1. The first-order valence-corrected chi connectivity index (χ1v) is 9.92. The lowest BCUT2D eigenvalue weighted by atomic mass is 10.2. The van der Waals surface area contributed by atoms with E-state index in [4.69, 9.17) is 4.74 Å². The van der Waals surface area contributed by atoms with Crippen molar-refractivity contribution < 1.29 is 21.9 Å². The Morgan fingerprint density at radius 3 is 2.56 bits per heavy atom. The molecule has 8 heteroatoms. The molecule has 27 heavy (non-hydrogen) atoms. The number of halogens is 2. The predicted molar refractivity (Wildman–Crippen MR) is 98.5 cm³/mol. The molecule has 140 valence electrons. The summed E-state index contributed by atoms with van der Waals surface area (Å²) in [6.07, 6.45) is 1.23. The van der Waals surface area contributed by atoms with E-state index in [9.17, 15) is 17.2 Å². The molecule has 5 nitrogen and oxygen atoms in total. The summed E-state index contributed by atoms with van der Waals surface area (Å²) in [6, 6.07) is 9.50. The highest BCUT2D eigenvalue weighted by atomic mass is 32.2. The summed E-state index contributed by atoms with van der Waals surface area (Å²) in [6.45, 7) is 1.75. The molecule has 1 aliphatic rings. The molecule has 1 N–H and O–H groups in total. The fourth-order valence-corrected chi connectivity index (χ4v) is 4.15. The molecule has 1 fully saturated rings. The van der Waals surface area contributed by atoms with Crippen LogP contribution in [0.3, 0.4) is 0 Å². The zero-order valence-electron chi connectivity index (χ0n) is 14.4. The number of benzene rings is 2. The van der Waals surface area contributed by atoms with Gasteiger partial charge in [-0.05, 0) is 50.1 Å². The van der Waals surface area contributed by atoms with Gasteiger partial charge in [0, 0.05) is 23.2 Å². The number of anilines is 1. The fraction of sp³-hybridized carbons (Fsp3) is 0.211. The van der Waals surface area contributed by atoms with E-state index in [0.717, 1.165) is 6.07 Å². The average molecular weight is 390 g/mol. The van der Waals surface area contributed by atoms with Crippen molar-refractivity contribution in [2.24, 2.45) is 0 Å². The first-order chi connectivity index (χ1) is 12.8. The molecule has 0 amide bonds. The van der Waals surface area contributed by atoms with Gasteiger partial charge in [-0.3, -0.25) is 9.71 Å². The predicted octanol–water partition coefficient (Wildman–Crippen LogP) is 4.52. The maximum absolute atomic E-state index is 14.5. The molecule has 1 heterocycles. The number of fused-ring (bicyclic) bond motifs is 1. The number of hydrogen-bond donors (Lipinski definition) is 1. The van der Waals surface area contributed by atoms with Gasteiger partial charge in [0.2, 0.25) is 10.0 Å². The third-order valence-electron chi connectivity index (χ3n) is 4.24. The molecule has 1 aromatic heterocycles. The number of aromatic nitrogens is 1. The van der Waals surface area contributed by atoms with Crippen LogP contribution >= 0.6 is 0 Å². The minimum absolute atomic E-state index is 0.0967. The van der Waals surface area contributed by atoms with Crippen molar-refractivity contribution in [3.05, 3.63) is 59.8 Å². The molecule has 4 rings (SSSR count). The highest BCUT2D eigenvalue weighted by Crippen LogP contribution is 2.34. The summed E-state index contributed by atoms with van der Waals surface area (Å²) in [5.41, 5.74) is 1.30. The standard InChI is InChI=1S/C19H16F2N2O3S/c1-11-8-19(15-9-12(20)2-6-17(15)22-11)26-18-7-3-13(10-16(18)21)23-27(24,25)14-4-5-14/h2-3,6-10,14,23H,4-5H2,1H3. The minimum atomic E-state index is -3.48. The lowest BCUT2D eigenvalue weighted by molar-refractivity contribution is 0.446. The van der Waals surface area contributed by atoms with Crippen LogP contribution in [0.5, 0.6) is 11.5 Å². The van der Waals surface area contributed by atoms with Crippen LogP contribution < -0.4 is 9.46 Å². The number of rotatable bonds is 5. The van der Waals surface area contributed by atoms with Gasteiger partial charge >= 0.3 is 0 Å².